The van der Waals surface area contributed by atoms with Crippen molar-refractivity contribution in [1.82, 2.24) is 10.2 Å². The van der Waals surface area contributed by atoms with Crippen molar-refractivity contribution in [2.75, 3.05) is 39.3 Å². The first-order chi connectivity index (χ1) is 8.17. The molecule has 0 spiro atoms. The number of nitrogens with zero attached hydrogens (tertiary/aromatic N) is 1. The molecule has 1 fully saturated rings. The van der Waals surface area contributed by atoms with Crippen LogP contribution in [0.25, 0.3) is 0 Å². The van der Waals surface area contributed by atoms with Crippen molar-refractivity contribution in [3.8, 4) is 0 Å². The molecule has 2 atom stereocenters. The second kappa shape index (κ2) is 8.03. The molecule has 0 radical (unpaired) electrons. The van der Waals surface area contributed by atoms with Gasteiger partial charge in [0.05, 0.1) is 0 Å². The molecule has 102 valence electrons. The van der Waals surface area contributed by atoms with Crippen molar-refractivity contribution >= 4 is 0 Å². The largest absolute Gasteiger partial charge is 0.396 e. The van der Waals surface area contributed by atoms with Crippen LogP contribution in [0.3, 0.4) is 0 Å². The van der Waals surface area contributed by atoms with Gasteiger partial charge >= 0.3 is 0 Å². The zero-order valence-corrected chi connectivity index (χ0v) is 11.4. The lowest BCUT2D eigenvalue weighted by Gasteiger charge is -2.39. The van der Waals surface area contributed by atoms with E-state index in [1.54, 1.807) is 0 Å². The molecule has 4 N–H and O–H groups in total. The van der Waals surface area contributed by atoms with Gasteiger partial charge < -0.3 is 21.1 Å². The first-order valence-corrected chi connectivity index (χ1v) is 6.94. The lowest BCUT2D eigenvalue weighted by molar-refractivity contribution is 0.118. The molecule has 4 heteroatoms. The van der Waals surface area contributed by atoms with E-state index in [9.17, 15) is 0 Å². The highest BCUT2D eigenvalue weighted by Crippen LogP contribution is 2.23. The summed E-state index contributed by atoms with van der Waals surface area (Å²) in [5.74, 6) is 1.50. The van der Waals surface area contributed by atoms with E-state index >= 15 is 0 Å². The minimum Gasteiger partial charge on any atom is -0.396 e. The summed E-state index contributed by atoms with van der Waals surface area (Å²) in [6, 6.07) is 0.564. The Hall–Kier alpha value is -0.160. The smallest absolute Gasteiger partial charge is 0.0443 e. The molecule has 4 nitrogen and oxygen atoms in total. The molecule has 0 bridgehead atoms. The van der Waals surface area contributed by atoms with E-state index in [0.717, 1.165) is 44.4 Å². The van der Waals surface area contributed by atoms with Crippen molar-refractivity contribution in [3.63, 3.8) is 0 Å². The van der Waals surface area contributed by atoms with Gasteiger partial charge in [0.15, 0.2) is 0 Å². The summed E-state index contributed by atoms with van der Waals surface area (Å²) in [5, 5.41) is 12.4. The summed E-state index contributed by atoms with van der Waals surface area (Å²) in [7, 11) is 0. The standard InChI is InChI=1S/C13H29N3O/c1-11(2)12-8-13(15-5-3-7-17)10-16(9-12)6-4-14/h11-13,15,17H,3-10,14H2,1-2H3. The van der Waals surface area contributed by atoms with Crippen molar-refractivity contribution < 1.29 is 5.11 Å². The zero-order valence-electron chi connectivity index (χ0n) is 11.4. The van der Waals surface area contributed by atoms with Crippen molar-refractivity contribution in [2.45, 2.75) is 32.7 Å². The molecule has 1 heterocycles. The third-order valence-corrected chi connectivity index (χ3v) is 3.71. The van der Waals surface area contributed by atoms with Gasteiger partial charge in [0.2, 0.25) is 0 Å². The summed E-state index contributed by atoms with van der Waals surface area (Å²) in [4.78, 5) is 2.48. The number of nitrogens with two attached hydrogens (primary N) is 1. The minimum atomic E-state index is 0.278. The van der Waals surface area contributed by atoms with Crippen molar-refractivity contribution in [1.29, 1.82) is 0 Å². The molecule has 1 aliphatic heterocycles. The van der Waals surface area contributed by atoms with Crippen LogP contribution < -0.4 is 11.1 Å². The van der Waals surface area contributed by atoms with Gasteiger partial charge in [0, 0.05) is 38.8 Å². The summed E-state index contributed by atoms with van der Waals surface area (Å²) in [5.41, 5.74) is 5.65. The average Bonchev–Trinajstić information content (AvgIpc) is 2.29. The van der Waals surface area contributed by atoms with Crippen LogP contribution in [0, 0.1) is 11.8 Å². The lowest BCUT2D eigenvalue weighted by Crippen LogP contribution is -2.51. The normalized spacial score (nSPS) is 26.6. The van der Waals surface area contributed by atoms with E-state index < -0.39 is 0 Å². The van der Waals surface area contributed by atoms with E-state index in [1.165, 1.54) is 13.0 Å². The Morgan fingerprint density at radius 3 is 2.76 bits per heavy atom. The number of nitrogens with one attached hydrogen (secondary N) is 1. The molecule has 0 aromatic rings. The van der Waals surface area contributed by atoms with Crippen LogP contribution in [-0.2, 0) is 0 Å². The van der Waals surface area contributed by atoms with Crippen LogP contribution in [0.1, 0.15) is 26.7 Å². The van der Waals surface area contributed by atoms with Gasteiger partial charge in [0.25, 0.3) is 0 Å². The number of rotatable bonds is 7. The predicted octanol–water partition coefficient (Wildman–Crippen LogP) is 0.264. The molecule has 2 unspecified atom stereocenters. The van der Waals surface area contributed by atoms with Gasteiger partial charge in [-0.25, -0.2) is 0 Å². The fourth-order valence-electron chi connectivity index (χ4n) is 2.61. The highest BCUT2D eigenvalue weighted by molar-refractivity contribution is 4.84. The summed E-state index contributed by atoms with van der Waals surface area (Å²) < 4.78 is 0. The van der Waals surface area contributed by atoms with Crippen LogP contribution in [0.4, 0.5) is 0 Å². The maximum Gasteiger partial charge on any atom is 0.0443 e. The third kappa shape index (κ3) is 5.34. The van der Waals surface area contributed by atoms with Crippen LogP contribution in [0.15, 0.2) is 0 Å². The highest BCUT2D eigenvalue weighted by atomic mass is 16.3. The predicted molar refractivity (Wildman–Crippen MR) is 71.9 cm³/mol. The van der Waals surface area contributed by atoms with Gasteiger partial charge in [-0.15, -0.1) is 0 Å². The number of hydrogen-bond acceptors (Lipinski definition) is 4. The van der Waals surface area contributed by atoms with E-state index in [4.69, 9.17) is 10.8 Å². The number of aliphatic hydroxyl groups excluding tert-OH is 1. The zero-order chi connectivity index (χ0) is 12.7. The van der Waals surface area contributed by atoms with Gasteiger partial charge in [-0.2, -0.15) is 0 Å². The molecule has 1 aliphatic rings. The van der Waals surface area contributed by atoms with Crippen LogP contribution in [0.5, 0.6) is 0 Å². The topological polar surface area (TPSA) is 61.5 Å². The van der Waals surface area contributed by atoms with Gasteiger partial charge in [-0.1, -0.05) is 13.8 Å². The number of aliphatic hydroxyl groups is 1. The Labute approximate surface area is 106 Å². The number of hydrogen-bond donors (Lipinski definition) is 3. The summed E-state index contributed by atoms with van der Waals surface area (Å²) in [6.07, 6.45) is 2.10. The molecule has 17 heavy (non-hydrogen) atoms. The number of likely N-dealkylation sites (tertiary alicyclic amines) is 1. The Bertz CT molecular complexity index is 199. The Kier molecular flexibility index (Phi) is 7.04. The van der Waals surface area contributed by atoms with Crippen LogP contribution >= 0.6 is 0 Å². The Morgan fingerprint density at radius 1 is 1.41 bits per heavy atom. The second-order valence-corrected chi connectivity index (χ2v) is 5.52. The molecule has 0 saturated carbocycles. The first kappa shape index (κ1) is 14.9. The fraction of sp³-hybridized carbons (Fsp3) is 1.00. The lowest BCUT2D eigenvalue weighted by atomic mass is 9.85. The SMILES string of the molecule is CC(C)C1CC(NCCCO)CN(CCN)C1. The van der Waals surface area contributed by atoms with Crippen molar-refractivity contribution in [2.24, 2.45) is 17.6 Å². The quantitative estimate of drug-likeness (QED) is 0.562. The average molecular weight is 243 g/mol. The molecule has 0 aromatic carbocycles. The maximum atomic E-state index is 8.81. The molecule has 0 aromatic heterocycles. The van der Waals surface area contributed by atoms with Gasteiger partial charge in [-0.3, -0.25) is 0 Å². The van der Waals surface area contributed by atoms with Gasteiger partial charge in [0.1, 0.15) is 0 Å². The third-order valence-electron chi connectivity index (χ3n) is 3.71. The summed E-state index contributed by atoms with van der Waals surface area (Å²) >= 11 is 0. The Morgan fingerprint density at radius 2 is 2.18 bits per heavy atom. The minimum absolute atomic E-state index is 0.278. The highest BCUT2D eigenvalue weighted by Gasteiger charge is 2.27. The molecule has 0 aliphatic carbocycles. The molecular weight excluding hydrogens is 214 g/mol. The van der Waals surface area contributed by atoms with E-state index in [-0.39, 0.29) is 6.61 Å². The van der Waals surface area contributed by atoms with Crippen LogP contribution in [0.2, 0.25) is 0 Å². The van der Waals surface area contributed by atoms with E-state index in [1.807, 2.05) is 0 Å². The number of piperidine rings is 1. The Balaban J connectivity index is 2.40. The van der Waals surface area contributed by atoms with E-state index in [2.05, 4.69) is 24.1 Å². The van der Waals surface area contributed by atoms with Crippen molar-refractivity contribution in [3.05, 3.63) is 0 Å². The van der Waals surface area contributed by atoms with Crippen LogP contribution in [-0.4, -0.2) is 55.4 Å². The second-order valence-electron chi connectivity index (χ2n) is 5.52. The molecule has 1 rings (SSSR count). The van der Waals surface area contributed by atoms with E-state index in [0.29, 0.717) is 6.04 Å². The van der Waals surface area contributed by atoms with Gasteiger partial charge in [-0.05, 0) is 31.2 Å². The molecule has 1 saturated heterocycles. The molecule has 0 amide bonds. The summed E-state index contributed by atoms with van der Waals surface area (Å²) in [6.45, 7) is 9.85. The maximum absolute atomic E-state index is 8.81. The fourth-order valence-corrected chi connectivity index (χ4v) is 2.61. The first-order valence-electron chi connectivity index (χ1n) is 6.94. The monoisotopic (exact) mass is 243 g/mol. The molecular formula is C13H29N3O.